The standard InChI is InChI=1S/C13H18N4O3S/c1-6-17-9-10(14-12(17)21-8(3)7(2)18)15(4)13(20)16(5)11(9)19/h8H,6H2,1-5H3. The topological polar surface area (TPSA) is 78.9 Å². The fraction of sp³-hybridized carbons (Fsp3) is 0.538. The second-order valence-corrected chi connectivity index (χ2v) is 6.20. The van der Waals surface area contributed by atoms with Crippen molar-refractivity contribution in [3.05, 3.63) is 20.8 Å². The first kappa shape index (κ1) is 15.6. The Labute approximate surface area is 125 Å². The molecule has 0 bridgehead atoms. The van der Waals surface area contributed by atoms with E-state index in [1.54, 1.807) is 18.5 Å². The predicted molar refractivity (Wildman–Crippen MR) is 81.9 cm³/mol. The van der Waals surface area contributed by atoms with E-state index in [4.69, 9.17) is 0 Å². The lowest BCUT2D eigenvalue weighted by Crippen LogP contribution is -2.37. The third-order valence-electron chi connectivity index (χ3n) is 3.48. The van der Waals surface area contributed by atoms with E-state index in [2.05, 4.69) is 4.98 Å². The van der Waals surface area contributed by atoms with Crippen LogP contribution in [0.2, 0.25) is 0 Å². The van der Waals surface area contributed by atoms with E-state index in [1.807, 2.05) is 6.92 Å². The first-order valence-electron chi connectivity index (χ1n) is 6.62. The molecule has 0 saturated heterocycles. The van der Waals surface area contributed by atoms with Crippen LogP contribution >= 0.6 is 11.8 Å². The number of rotatable bonds is 4. The molecule has 0 fully saturated rings. The number of Topliss-reactive ketones (excluding diaryl/α,β-unsaturated/α-hetero) is 1. The smallest absolute Gasteiger partial charge is 0.313 e. The molecule has 114 valence electrons. The normalized spacial score (nSPS) is 12.8. The van der Waals surface area contributed by atoms with Crippen LogP contribution in [0.25, 0.3) is 11.2 Å². The van der Waals surface area contributed by atoms with E-state index in [1.165, 1.54) is 30.3 Å². The number of hydrogen-bond acceptors (Lipinski definition) is 5. The van der Waals surface area contributed by atoms with Gasteiger partial charge in [0.15, 0.2) is 16.3 Å². The molecule has 2 rings (SSSR count). The van der Waals surface area contributed by atoms with Gasteiger partial charge in [-0.2, -0.15) is 0 Å². The Morgan fingerprint density at radius 2 is 1.90 bits per heavy atom. The first-order chi connectivity index (χ1) is 9.79. The molecule has 1 unspecified atom stereocenters. The third-order valence-corrected chi connectivity index (χ3v) is 4.69. The van der Waals surface area contributed by atoms with Crippen LogP contribution in [0.15, 0.2) is 14.7 Å². The van der Waals surface area contributed by atoms with Gasteiger partial charge < -0.3 is 4.57 Å². The highest BCUT2D eigenvalue weighted by Crippen LogP contribution is 2.25. The van der Waals surface area contributed by atoms with Gasteiger partial charge in [0, 0.05) is 20.6 Å². The van der Waals surface area contributed by atoms with Crippen molar-refractivity contribution in [3.63, 3.8) is 0 Å². The minimum atomic E-state index is -0.413. The van der Waals surface area contributed by atoms with E-state index in [-0.39, 0.29) is 16.6 Å². The number of carbonyl (C=O) groups excluding carboxylic acids is 1. The maximum Gasteiger partial charge on any atom is 0.332 e. The summed E-state index contributed by atoms with van der Waals surface area (Å²) in [6.07, 6.45) is 0. The van der Waals surface area contributed by atoms with Crippen molar-refractivity contribution in [2.75, 3.05) is 0 Å². The van der Waals surface area contributed by atoms with Crippen LogP contribution in [-0.2, 0) is 25.4 Å². The highest BCUT2D eigenvalue weighted by atomic mass is 32.2. The molecule has 0 radical (unpaired) electrons. The number of thioether (sulfide) groups is 1. The number of aromatic nitrogens is 4. The second kappa shape index (κ2) is 5.51. The third kappa shape index (κ3) is 2.44. The van der Waals surface area contributed by atoms with Crippen molar-refractivity contribution in [3.8, 4) is 0 Å². The molecule has 0 amide bonds. The Morgan fingerprint density at radius 1 is 1.29 bits per heavy atom. The Hall–Kier alpha value is -1.83. The lowest BCUT2D eigenvalue weighted by molar-refractivity contribution is -0.116. The van der Waals surface area contributed by atoms with Gasteiger partial charge in [0.1, 0.15) is 5.78 Å². The van der Waals surface area contributed by atoms with Gasteiger partial charge in [0.2, 0.25) is 0 Å². The van der Waals surface area contributed by atoms with Gasteiger partial charge in [-0.15, -0.1) is 0 Å². The highest BCUT2D eigenvalue weighted by Gasteiger charge is 2.21. The molecule has 0 saturated carbocycles. The lowest BCUT2D eigenvalue weighted by atomic mass is 10.3. The molecule has 8 heteroatoms. The van der Waals surface area contributed by atoms with Gasteiger partial charge in [-0.05, 0) is 20.8 Å². The van der Waals surface area contributed by atoms with Crippen LogP contribution in [0.3, 0.4) is 0 Å². The molecule has 1 atom stereocenters. The Morgan fingerprint density at radius 3 is 2.43 bits per heavy atom. The second-order valence-electron chi connectivity index (χ2n) is 4.89. The Kier molecular flexibility index (Phi) is 4.08. The summed E-state index contributed by atoms with van der Waals surface area (Å²) in [7, 11) is 3.03. The molecule has 0 aliphatic heterocycles. The summed E-state index contributed by atoms with van der Waals surface area (Å²) in [6.45, 7) is 5.75. The monoisotopic (exact) mass is 310 g/mol. The summed E-state index contributed by atoms with van der Waals surface area (Å²) in [6, 6.07) is 0. The molecule has 2 heterocycles. The fourth-order valence-electron chi connectivity index (χ4n) is 2.05. The number of ketones is 1. The SMILES string of the molecule is CCn1c(SC(C)C(C)=O)nc2c1c(=O)n(C)c(=O)n2C. The number of fused-ring (bicyclic) bond motifs is 1. The van der Waals surface area contributed by atoms with Gasteiger partial charge in [0.05, 0.1) is 5.25 Å². The van der Waals surface area contributed by atoms with Crippen LogP contribution < -0.4 is 11.2 Å². The molecule has 0 aromatic carbocycles. The van der Waals surface area contributed by atoms with Crippen LogP contribution in [0, 0.1) is 0 Å². The molecule has 0 N–H and O–H groups in total. The summed E-state index contributed by atoms with van der Waals surface area (Å²) in [5.74, 6) is 0.0384. The molecular weight excluding hydrogens is 292 g/mol. The van der Waals surface area contributed by atoms with E-state index in [0.29, 0.717) is 22.9 Å². The first-order valence-corrected chi connectivity index (χ1v) is 7.50. The van der Waals surface area contributed by atoms with Gasteiger partial charge in [-0.3, -0.25) is 18.7 Å². The number of carbonyl (C=O) groups is 1. The van der Waals surface area contributed by atoms with Gasteiger partial charge in [0.25, 0.3) is 5.56 Å². The largest absolute Gasteiger partial charge is 0.332 e. The maximum atomic E-state index is 12.3. The minimum Gasteiger partial charge on any atom is -0.313 e. The van der Waals surface area contributed by atoms with Crippen molar-refractivity contribution >= 4 is 28.7 Å². The minimum absolute atomic E-state index is 0.0384. The van der Waals surface area contributed by atoms with Crippen LogP contribution in [0.1, 0.15) is 20.8 Å². The maximum absolute atomic E-state index is 12.3. The molecule has 0 spiro atoms. The molecule has 7 nitrogen and oxygen atoms in total. The van der Waals surface area contributed by atoms with Crippen LogP contribution in [0.4, 0.5) is 0 Å². The van der Waals surface area contributed by atoms with Crippen molar-refractivity contribution in [1.82, 2.24) is 18.7 Å². The summed E-state index contributed by atoms with van der Waals surface area (Å²) in [5.41, 5.74) is -0.0437. The fourth-order valence-corrected chi connectivity index (χ4v) is 3.02. The summed E-state index contributed by atoms with van der Waals surface area (Å²) >= 11 is 1.30. The average molecular weight is 310 g/mol. The molecule has 0 aliphatic carbocycles. The quantitative estimate of drug-likeness (QED) is 0.769. The molecular formula is C13H18N4O3S. The zero-order valence-corrected chi connectivity index (χ0v) is 13.5. The molecule has 21 heavy (non-hydrogen) atoms. The Balaban J connectivity index is 2.79. The van der Waals surface area contributed by atoms with Crippen molar-refractivity contribution in [1.29, 1.82) is 0 Å². The zero-order chi connectivity index (χ0) is 15.9. The molecule has 2 aromatic rings. The van der Waals surface area contributed by atoms with E-state index < -0.39 is 5.69 Å². The van der Waals surface area contributed by atoms with Crippen molar-refractivity contribution < 1.29 is 4.79 Å². The average Bonchev–Trinajstić information content (AvgIpc) is 2.81. The number of nitrogens with zero attached hydrogens (tertiary/aromatic N) is 4. The van der Waals surface area contributed by atoms with Gasteiger partial charge >= 0.3 is 5.69 Å². The lowest BCUT2D eigenvalue weighted by Gasteiger charge is -2.08. The number of hydrogen-bond donors (Lipinski definition) is 0. The van der Waals surface area contributed by atoms with Crippen LogP contribution in [0.5, 0.6) is 0 Å². The Bertz CT molecular complexity index is 831. The van der Waals surface area contributed by atoms with E-state index >= 15 is 0 Å². The summed E-state index contributed by atoms with van der Waals surface area (Å²) < 4.78 is 4.17. The summed E-state index contributed by atoms with van der Waals surface area (Å²) in [5, 5.41) is 0.321. The van der Waals surface area contributed by atoms with Gasteiger partial charge in [-0.1, -0.05) is 11.8 Å². The summed E-state index contributed by atoms with van der Waals surface area (Å²) in [4.78, 5) is 40.1. The number of aryl methyl sites for hydroxylation is 2. The van der Waals surface area contributed by atoms with Crippen molar-refractivity contribution in [2.24, 2.45) is 14.1 Å². The zero-order valence-electron chi connectivity index (χ0n) is 12.7. The van der Waals surface area contributed by atoms with E-state index in [0.717, 1.165) is 4.57 Å². The molecule has 0 aliphatic rings. The predicted octanol–water partition coefficient (Wildman–Crippen LogP) is 0.523. The highest BCUT2D eigenvalue weighted by molar-refractivity contribution is 8.00. The van der Waals surface area contributed by atoms with Gasteiger partial charge in [-0.25, -0.2) is 9.78 Å². The molecule has 2 aromatic heterocycles. The van der Waals surface area contributed by atoms with Crippen LogP contribution in [-0.4, -0.2) is 29.7 Å². The number of imidazole rings is 1. The van der Waals surface area contributed by atoms with E-state index in [9.17, 15) is 14.4 Å². The van der Waals surface area contributed by atoms with Crippen molar-refractivity contribution in [2.45, 2.75) is 37.7 Å².